The monoisotopic (exact) mass is 191 g/mol. The van der Waals surface area contributed by atoms with Gasteiger partial charge in [-0.15, -0.1) is 0 Å². The molecule has 0 aromatic heterocycles. The van der Waals surface area contributed by atoms with Gasteiger partial charge in [-0.05, 0) is 32.8 Å². The molecule has 0 spiro atoms. The van der Waals surface area contributed by atoms with Gasteiger partial charge in [0.25, 0.3) is 0 Å². The van der Waals surface area contributed by atoms with Crippen LogP contribution in [0.2, 0.25) is 0 Å². The summed E-state index contributed by atoms with van der Waals surface area (Å²) in [5.41, 5.74) is 1.90. The minimum atomic E-state index is 0.806. The number of nitrogens with zero attached hydrogens (tertiary/aromatic N) is 1. The van der Waals surface area contributed by atoms with Crippen molar-refractivity contribution in [3.8, 4) is 6.07 Å². The van der Waals surface area contributed by atoms with Crippen molar-refractivity contribution in [3.63, 3.8) is 0 Å². The zero-order valence-electron chi connectivity index (χ0n) is 9.64. The van der Waals surface area contributed by atoms with E-state index in [1.165, 1.54) is 25.7 Å². The van der Waals surface area contributed by atoms with Gasteiger partial charge in [0.1, 0.15) is 0 Å². The summed E-state index contributed by atoms with van der Waals surface area (Å²) in [6.45, 7) is 6.16. The van der Waals surface area contributed by atoms with Crippen molar-refractivity contribution in [2.24, 2.45) is 0 Å². The van der Waals surface area contributed by atoms with Crippen molar-refractivity contribution in [2.45, 2.75) is 52.9 Å². The van der Waals surface area contributed by atoms with Crippen LogP contribution in [0.5, 0.6) is 0 Å². The molecule has 0 rings (SSSR count). The van der Waals surface area contributed by atoms with Crippen LogP contribution in [0.3, 0.4) is 0 Å². The molecule has 78 valence electrons. The Bertz CT molecular complexity index is 236. The second-order valence-electron chi connectivity index (χ2n) is 3.78. The lowest BCUT2D eigenvalue weighted by atomic mass is 10.1. The molecular weight excluding hydrogens is 170 g/mol. The largest absolute Gasteiger partial charge is 0.192 e. The average Bonchev–Trinajstić information content (AvgIpc) is 2.16. The fraction of sp³-hybridized carbons (Fsp3) is 0.615. The zero-order chi connectivity index (χ0) is 10.8. The third kappa shape index (κ3) is 6.48. The molecule has 1 nitrogen and oxygen atoms in total. The minimum Gasteiger partial charge on any atom is -0.192 e. The molecule has 14 heavy (non-hydrogen) atoms. The first kappa shape index (κ1) is 13.0. The summed E-state index contributed by atoms with van der Waals surface area (Å²) in [7, 11) is 0. The van der Waals surface area contributed by atoms with E-state index in [0.29, 0.717) is 0 Å². The standard InChI is InChI=1S/C13H21N/c1-4-5-6-7-8-9-10-13(11-14)12(2)3/h9-10H,4-8H2,1-3H3/b10-9+. The van der Waals surface area contributed by atoms with Crippen molar-refractivity contribution in [1.82, 2.24) is 0 Å². The second kappa shape index (κ2) is 8.56. The Morgan fingerprint density at radius 3 is 2.43 bits per heavy atom. The van der Waals surface area contributed by atoms with Gasteiger partial charge < -0.3 is 0 Å². The lowest BCUT2D eigenvalue weighted by molar-refractivity contribution is 0.674. The Morgan fingerprint density at radius 2 is 1.93 bits per heavy atom. The van der Waals surface area contributed by atoms with Gasteiger partial charge in [0.05, 0.1) is 11.6 Å². The highest BCUT2D eigenvalue weighted by Gasteiger charge is 1.91. The first-order chi connectivity index (χ1) is 6.72. The summed E-state index contributed by atoms with van der Waals surface area (Å²) in [6, 6.07) is 2.20. The molecule has 1 heteroatoms. The van der Waals surface area contributed by atoms with Crippen LogP contribution in [0.4, 0.5) is 0 Å². The van der Waals surface area contributed by atoms with Crippen molar-refractivity contribution in [1.29, 1.82) is 5.26 Å². The highest BCUT2D eigenvalue weighted by atomic mass is 14.2. The average molecular weight is 191 g/mol. The molecule has 0 aromatic carbocycles. The molecule has 0 saturated carbocycles. The molecule has 0 fully saturated rings. The number of nitriles is 1. The van der Waals surface area contributed by atoms with Gasteiger partial charge in [-0.25, -0.2) is 0 Å². The summed E-state index contributed by atoms with van der Waals surface area (Å²) in [4.78, 5) is 0. The van der Waals surface area contributed by atoms with Gasteiger partial charge >= 0.3 is 0 Å². The third-order valence-electron chi connectivity index (χ3n) is 2.17. The minimum absolute atomic E-state index is 0.806. The van der Waals surface area contributed by atoms with Crippen LogP contribution in [0.25, 0.3) is 0 Å². The summed E-state index contributed by atoms with van der Waals surface area (Å²) < 4.78 is 0. The molecule has 0 aliphatic carbocycles. The van der Waals surface area contributed by atoms with Crippen molar-refractivity contribution in [2.75, 3.05) is 0 Å². The molecule has 0 bridgehead atoms. The number of unbranched alkanes of at least 4 members (excludes halogenated alkanes) is 4. The van der Waals surface area contributed by atoms with Gasteiger partial charge in [-0.3, -0.25) is 0 Å². The van der Waals surface area contributed by atoms with E-state index in [-0.39, 0.29) is 0 Å². The van der Waals surface area contributed by atoms with E-state index in [1.54, 1.807) is 0 Å². The number of rotatable bonds is 6. The summed E-state index contributed by atoms with van der Waals surface area (Å²) in [5.74, 6) is 0. The highest BCUT2D eigenvalue weighted by Crippen LogP contribution is 2.07. The van der Waals surface area contributed by atoms with Crippen molar-refractivity contribution < 1.29 is 0 Å². The molecular formula is C13H21N. The first-order valence-electron chi connectivity index (χ1n) is 5.46. The molecule has 0 amide bonds. The van der Waals surface area contributed by atoms with Gasteiger partial charge in [0, 0.05) is 0 Å². The molecule has 0 aromatic rings. The van der Waals surface area contributed by atoms with E-state index in [2.05, 4.69) is 19.1 Å². The Hall–Kier alpha value is -1.03. The lowest BCUT2D eigenvalue weighted by Gasteiger charge is -1.95. The van der Waals surface area contributed by atoms with Crippen LogP contribution in [-0.2, 0) is 0 Å². The fourth-order valence-electron chi connectivity index (χ4n) is 1.21. The molecule has 0 unspecified atom stereocenters. The summed E-state index contributed by atoms with van der Waals surface area (Å²) in [5, 5.41) is 8.78. The molecule has 0 saturated heterocycles. The molecule has 0 aliphatic rings. The van der Waals surface area contributed by atoms with Crippen LogP contribution >= 0.6 is 0 Å². The van der Waals surface area contributed by atoms with Gasteiger partial charge in [0.2, 0.25) is 0 Å². The quantitative estimate of drug-likeness (QED) is 0.347. The zero-order valence-corrected chi connectivity index (χ0v) is 9.64. The third-order valence-corrected chi connectivity index (χ3v) is 2.17. The van der Waals surface area contributed by atoms with Gasteiger partial charge in [0.15, 0.2) is 0 Å². The highest BCUT2D eigenvalue weighted by molar-refractivity contribution is 5.36. The van der Waals surface area contributed by atoms with E-state index < -0.39 is 0 Å². The molecule has 0 atom stereocenters. The Kier molecular flexibility index (Phi) is 7.93. The van der Waals surface area contributed by atoms with Crippen LogP contribution in [-0.4, -0.2) is 0 Å². The maximum absolute atomic E-state index is 8.78. The van der Waals surface area contributed by atoms with E-state index in [0.717, 1.165) is 17.6 Å². The predicted octanol–water partition coefficient (Wildman–Crippen LogP) is 4.37. The van der Waals surface area contributed by atoms with Crippen LogP contribution in [0, 0.1) is 11.3 Å². The Morgan fingerprint density at radius 1 is 1.21 bits per heavy atom. The predicted molar refractivity (Wildman–Crippen MR) is 61.9 cm³/mol. The second-order valence-corrected chi connectivity index (χ2v) is 3.78. The molecule has 0 N–H and O–H groups in total. The maximum Gasteiger partial charge on any atom is 0.0990 e. The number of hydrogen-bond acceptors (Lipinski definition) is 1. The number of hydrogen-bond donors (Lipinski definition) is 0. The summed E-state index contributed by atoms with van der Waals surface area (Å²) in [6.07, 6.45) is 10.3. The molecule has 0 aliphatic heterocycles. The van der Waals surface area contributed by atoms with Crippen LogP contribution in [0.1, 0.15) is 52.9 Å². The lowest BCUT2D eigenvalue weighted by Crippen LogP contribution is -1.78. The maximum atomic E-state index is 8.78. The van der Waals surface area contributed by atoms with E-state index in [4.69, 9.17) is 5.26 Å². The Labute approximate surface area is 88.1 Å². The van der Waals surface area contributed by atoms with Crippen molar-refractivity contribution in [3.05, 3.63) is 23.3 Å². The van der Waals surface area contributed by atoms with E-state index >= 15 is 0 Å². The van der Waals surface area contributed by atoms with E-state index in [9.17, 15) is 0 Å². The van der Waals surface area contributed by atoms with Gasteiger partial charge in [-0.2, -0.15) is 5.26 Å². The topological polar surface area (TPSA) is 23.8 Å². The van der Waals surface area contributed by atoms with Gasteiger partial charge in [-0.1, -0.05) is 37.8 Å². The van der Waals surface area contributed by atoms with Crippen LogP contribution < -0.4 is 0 Å². The smallest absolute Gasteiger partial charge is 0.0990 e. The summed E-state index contributed by atoms with van der Waals surface area (Å²) >= 11 is 0. The number of allylic oxidation sites excluding steroid dienone is 4. The van der Waals surface area contributed by atoms with Crippen LogP contribution in [0.15, 0.2) is 23.3 Å². The first-order valence-corrected chi connectivity index (χ1v) is 5.46. The Balaban J connectivity index is 3.73. The molecule has 0 radical (unpaired) electrons. The molecule has 0 heterocycles. The van der Waals surface area contributed by atoms with Crippen molar-refractivity contribution >= 4 is 0 Å². The SMILES string of the molecule is CCCCCC/C=C/C(C#N)=C(C)C. The normalized spacial score (nSPS) is 10.1. The fourth-order valence-corrected chi connectivity index (χ4v) is 1.21. The van der Waals surface area contributed by atoms with E-state index in [1.807, 2.05) is 19.9 Å².